The van der Waals surface area contributed by atoms with E-state index in [2.05, 4.69) is 26.6 Å². The van der Waals surface area contributed by atoms with Gasteiger partial charge in [-0.05, 0) is 48.6 Å². The molecule has 0 saturated carbocycles. The van der Waals surface area contributed by atoms with Crippen molar-refractivity contribution in [1.82, 2.24) is 19.7 Å². The van der Waals surface area contributed by atoms with E-state index in [-0.39, 0.29) is 5.91 Å². The Morgan fingerprint density at radius 1 is 1.16 bits per heavy atom. The number of hydrogen-bond donors (Lipinski definition) is 0. The lowest BCUT2D eigenvalue weighted by molar-refractivity contribution is 0.0827. The first-order valence-corrected chi connectivity index (χ1v) is 11.6. The molecule has 31 heavy (non-hydrogen) atoms. The highest BCUT2D eigenvalue weighted by molar-refractivity contribution is 7.98. The summed E-state index contributed by atoms with van der Waals surface area (Å²) >= 11 is 1.65. The van der Waals surface area contributed by atoms with E-state index in [4.69, 9.17) is 4.42 Å². The summed E-state index contributed by atoms with van der Waals surface area (Å²) in [7, 11) is 3.52. The molecule has 1 fully saturated rings. The van der Waals surface area contributed by atoms with E-state index >= 15 is 0 Å². The first-order chi connectivity index (χ1) is 15.0. The zero-order chi connectivity index (χ0) is 21.8. The van der Waals surface area contributed by atoms with Gasteiger partial charge in [-0.15, -0.1) is 10.2 Å². The largest absolute Gasteiger partial charge is 0.467 e. The van der Waals surface area contributed by atoms with Crippen LogP contribution >= 0.6 is 11.8 Å². The normalized spacial score (nSPS) is 14.7. The fourth-order valence-electron chi connectivity index (χ4n) is 3.68. The van der Waals surface area contributed by atoms with E-state index in [9.17, 15) is 4.79 Å². The molecule has 0 aliphatic carbocycles. The van der Waals surface area contributed by atoms with Gasteiger partial charge in [0.1, 0.15) is 5.76 Å². The van der Waals surface area contributed by atoms with Gasteiger partial charge in [-0.3, -0.25) is 9.36 Å². The maximum absolute atomic E-state index is 12.1. The van der Waals surface area contributed by atoms with Gasteiger partial charge in [0.15, 0.2) is 5.16 Å². The van der Waals surface area contributed by atoms with Gasteiger partial charge in [0.2, 0.25) is 5.95 Å². The monoisotopic (exact) mass is 439 g/mol. The number of amides is 1. The third-order valence-corrected chi connectivity index (χ3v) is 6.67. The van der Waals surface area contributed by atoms with Crippen molar-refractivity contribution in [1.29, 1.82) is 0 Å². The van der Waals surface area contributed by atoms with E-state index in [0.29, 0.717) is 12.1 Å². The number of aromatic nitrogens is 3. The Morgan fingerprint density at radius 2 is 1.90 bits per heavy atom. The van der Waals surface area contributed by atoms with Gasteiger partial charge in [-0.1, -0.05) is 30.8 Å². The topological polar surface area (TPSA) is 67.4 Å². The molecular weight excluding hydrogens is 410 g/mol. The molecule has 2 aromatic heterocycles. The van der Waals surface area contributed by atoms with Gasteiger partial charge < -0.3 is 14.2 Å². The third-order valence-electron chi connectivity index (χ3n) is 5.63. The average molecular weight is 440 g/mol. The first-order valence-electron chi connectivity index (χ1n) is 10.6. The van der Waals surface area contributed by atoms with E-state index in [1.165, 1.54) is 12.8 Å². The average Bonchev–Trinajstić information content (AvgIpc) is 3.43. The van der Waals surface area contributed by atoms with Crippen LogP contribution in [-0.4, -0.2) is 52.8 Å². The SMILES string of the molecule is CC1CCN(c2nnc(SCc3ccc(C(=O)N(C)C)cc3)n2Cc2ccco2)CC1. The molecule has 164 valence electrons. The number of furan rings is 1. The second-order valence-electron chi connectivity index (χ2n) is 8.30. The molecule has 0 bridgehead atoms. The fraction of sp³-hybridized carbons (Fsp3) is 0.435. The highest BCUT2D eigenvalue weighted by Crippen LogP contribution is 2.29. The van der Waals surface area contributed by atoms with Crippen LogP contribution in [0.15, 0.2) is 52.2 Å². The van der Waals surface area contributed by atoms with Gasteiger partial charge in [0.25, 0.3) is 5.91 Å². The quantitative estimate of drug-likeness (QED) is 0.515. The summed E-state index contributed by atoms with van der Waals surface area (Å²) in [5, 5.41) is 9.92. The van der Waals surface area contributed by atoms with Crippen molar-refractivity contribution in [3.63, 3.8) is 0 Å². The number of carbonyl (C=O) groups is 1. The van der Waals surface area contributed by atoms with Crippen LogP contribution < -0.4 is 4.90 Å². The minimum atomic E-state index is 0.0119. The maximum Gasteiger partial charge on any atom is 0.253 e. The molecule has 7 nitrogen and oxygen atoms in total. The molecule has 1 aliphatic heterocycles. The molecule has 0 N–H and O–H groups in total. The zero-order valence-electron chi connectivity index (χ0n) is 18.3. The third kappa shape index (κ3) is 5.12. The molecular formula is C23H29N5O2S. The minimum Gasteiger partial charge on any atom is -0.467 e. The van der Waals surface area contributed by atoms with Crippen LogP contribution in [0.3, 0.4) is 0 Å². The Labute approximate surface area is 187 Å². The Kier molecular flexibility index (Phi) is 6.65. The van der Waals surface area contributed by atoms with Crippen molar-refractivity contribution < 1.29 is 9.21 Å². The number of rotatable bonds is 7. The van der Waals surface area contributed by atoms with E-state index < -0.39 is 0 Å². The zero-order valence-corrected chi connectivity index (χ0v) is 19.1. The number of benzene rings is 1. The van der Waals surface area contributed by atoms with Crippen LogP contribution in [0.4, 0.5) is 5.95 Å². The van der Waals surface area contributed by atoms with E-state index in [1.807, 2.05) is 36.4 Å². The molecule has 3 aromatic rings. The Hall–Kier alpha value is -2.74. The number of thioether (sulfide) groups is 1. The van der Waals surface area contributed by atoms with Crippen molar-refractivity contribution in [3.05, 3.63) is 59.5 Å². The molecule has 0 unspecified atom stereocenters. The summed E-state index contributed by atoms with van der Waals surface area (Å²) in [6.07, 6.45) is 4.05. The molecule has 0 atom stereocenters. The molecule has 1 amide bonds. The van der Waals surface area contributed by atoms with Gasteiger partial charge in [0, 0.05) is 38.5 Å². The van der Waals surface area contributed by atoms with Gasteiger partial charge >= 0.3 is 0 Å². The van der Waals surface area contributed by atoms with Gasteiger partial charge in [-0.2, -0.15) is 0 Å². The second-order valence-corrected chi connectivity index (χ2v) is 9.25. The molecule has 4 rings (SSSR count). The summed E-state index contributed by atoms with van der Waals surface area (Å²) in [6.45, 7) is 4.93. The Balaban J connectivity index is 1.50. The highest BCUT2D eigenvalue weighted by atomic mass is 32.2. The van der Waals surface area contributed by atoms with Gasteiger partial charge in [-0.25, -0.2) is 0 Å². The molecule has 1 aliphatic rings. The van der Waals surface area contributed by atoms with Crippen LogP contribution in [0.2, 0.25) is 0 Å². The summed E-state index contributed by atoms with van der Waals surface area (Å²) < 4.78 is 7.75. The molecule has 1 aromatic carbocycles. The number of anilines is 1. The smallest absolute Gasteiger partial charge is 0.253 e. The Morgan fingerprint density at radius 3 is 2.55 bits per heavy atom. The molecule has 0 radical (unpaired) electrons. The van der Waals surface area contributed by atoms with Crippen LogP contribution in [0.25, 0.3) is 0 Å². The number of hydrogen-bond acceptors (Lipinski definition) is 6. The number of piperidine rings is 1. The molecule has 0 spiro atoms. The summed E-state index contributed by atoms with van der Waals surface area (Å²) in [5.41, 5.74) is 1.84. The summed E-state index contributed by atoms with van der Waals surface area (Å²) in [5.74, 6) is 3.33. The first kappa shape index (κ1) is 21.5. The highest BCUT2D eigenvalue weighted by Gasteiger charge is 2.23. The van der Waals surface area contributed by atoms with Crippen molar-refractivity contribution in [3.8, 4) is 0 Å². The van der Waals surface area contributed by atoms with Crippen molar-refractivity contribution in [2.24, 2.45) is 5.92 Å². The standard InChI is InChI=1S/C23H29N5O2S/c1-17-10-12-27(13-11-17)22-24-25-23(28(22)15-20-5-4-14-30-20)31-16-18-6-8-19(9-7-18)21(29)26(2)3/h4-9,14,17H,10-13,15-16H2,1-3H3. The minimum absolute atomic E-state index is 0.0119. The predicted molar refractivity (Wildman–Crippen MR) is 122 cm³/mol. The summed E-state index contributed by atoms with van der Waals surface area (Å²) in [4.78, 5) is 16.0. The molecule has 3 heterocycles. The van der Waals surface area contributed by atoms with Gasteiger partial charge in [0.05, 0.1) is 12.8 Å². The lowest BCUT2D eigenvalue weighted by atomic mass is 10.00. The van der Waals surface area contributed by atoms with Crippen molar-refractivity contribution in [2.75, 3.05) is 32.1 Å². The molecule has 8 heteroatoms. The van der Waals surface area contributed by atoms with E-state index in [1.54, 1.807) is 37.0 Å². The van der Waals surface area contributed by atoms with Crippen LogP contribution in [-0.2, 0) is 12.3 Å². The van der Waals surface area contributed by atoms with Crippen molar-refractivity contribution in [2.45, 2.75) is 37.2 Å². The molecule has 1 saturated heterocycles. The van der Waals surface area contributed by atoms with Crippen molar-refractivity contribution >= 4 is 23.6 Å². The van der Waals surface area contributed by atoms with Crippen LogP contribution in [0, 0.1) is 5.92 Å². The van der Waals surface area contributed by atoms with Crippen LogP contribution in [0.5, 0.6) is 0 Å². The fourth-order valence-corrected chi connectivity index (χ4v) is 4.57. The second kappa shape index (κ2) is 9.60. The van der Waals surface area contributed by atoms with Crippen LogP contribution in [0.1, 0.15) is 41.4 Å². The maximum atomic E-state index is 12.1. The summed E-state index contributed by atoms with van der Waals surface area (Å²) in [6, 6.07) is 11.7. The predicted octanol–water partition coefficient (Wildman–Crippen LogP) is 4.15. The Bertz CT molecular complexity index is 990. The number of nitrogens with zero attached hydrogens (tertiary/aromatic N) is 5. The lowest BCUT2D eigenvalue weighted by Gasteiger charge is -2.31. The lowest BCUT2D eigenvalue weighted by Crippen LogP contribution is -2.35. The number of carbonyl (C=O) groups excluding carboxylic acids is 1. The van der Waals surface area contributed by atoms with E-state index in [0.717, 1.165) is 47.2 Å².